The average Bonchev–Trinajstić information content (AvgIpc) is 2.89. The van der Waals surface area contributed by atoms with Crippen LogP contribution in [0.5, 0.6) is 0 Å². The number of carbonyl (C=O) groups is 1. The number of hydrogen-bond donors (Lipinski definition) is 1. The summed E-state index contributed by atoms with van der Waals surface area (Å²) in [6.07, 6.45) is 4.84. The van der Waals surface area contributed by atoms with Gasteiger partial charge in [-0.2, -0.15) is 0 Å². The maximum atomic E-state index is 12.2. The van der Waals surface area contributed by atoms with Crippen molar-refractivity contribution in [2.24, 2.45) is 23.7 Å². The summed E-state index contributed by atoms with van der Waals surface area (Å²) < 4.78 is 0. The van der Waals surface area contributed by atoms with E-state index in [0.29, 0.717) is 23.8 Å². The molecule has 96 valence electrons. The first-order chi connectivity index (χ1) is 8.13. The molecule has 1 heterocycles. The van der Waals surface area contributed by atoms with E-state index in [1.807, 2.05) is 0 Å². The van der Waals surface area contributed by atoms with Gasteiger partial charge in [0.1, 0.15) is 0 Å². The number of piperidine rings is 1. The standard InChI is InChI=1S/C14H24N2O/c1-9-8-16(2)4-3-13(9)15-14(17)12-6-10-5-11(10)7-12/h9-13H,3-8H2,1-2H3,(H,15,17). The van der Waals surface area contributed by atoms with E-state index in [1.54, 1.807) is 0 Å². The molecule has 1 saturated heterocycles. The Labute approximate surface area is 104 Å². The molecule has 2 saturated carbocycles. The fourth-order valence-electron chi connectivity index (χ4n) is 3.80. The first kappa shape index (κ1) is 11.5. The van der Waals surface area contributed by atoms with Gasteiger partial charge in [-0.15, -0.1) is 0 Å². The van der Waals surface area contributed by atoms with Gasteiger partial charge in [-0.1, -0.05) is 6.92 Å². The number of likely N-dealkylation sites (tertiary alicyclic amines) is 1. The third-order valence-electron chi connectivity index (χ3n) is 5.05. The molecule has 0 aromatic carbocycles. The molecule has 0 aromatic heterocycles. The molecular weight excluding hydrogens is 212 g/mol. The Bertz CT molecular complexity index is 307. The second kappa shape index (κ2) is 4.27. The van der Waals surface area contributed by atoms with E-state index >= 15 is 0 Å². The van der Waals surface area contributed by atoms with E-state index in [0.717, 1.165) is 44.2 Å². The monoisotopic (exact) mass is 236 g/mol. The SMILES string of the molecule is CC1CN(C)CCC1NC(=O)C1CC2CC2C1. The fraction of sp³-hybridized carbons (Fsp3) is 0.929. The van der Waals surface area contributed by atoms with Gasteiger partial charge in [0.15, 0.2) is 0 Å². The van der Waals surface area contributed by atoms with Crippen LogP contribution in [0.2, 0.25) is 0 Å². The quantitative estimate of drug-likeness (QED) is 0.788. The van der Waals surface area contributed by atoms with Gasteiger partial charge in [0.25, 0.3) is 0 Å². The van der Waals surface area contributed by atoms with E-state index in [1.165, 1.54) is 6.42 Å². The molecule has 3 rings (SSSR count). The van der Waals surface area contributed by atoms with Gasteiger partial charge in [0.05, 0.1) is 0 Å². The topological polar surface area (TPSA) is 32.3 Å². The molecular formula is C14H24N2O. The second-order valence-corrected chi connectivity index (χ2v) is 6.57. The molecule has 0 spiro atoms. The highest BCUT2D eigenvalue weighted by atomic mass is 16.2. The average molecular weight is 236 g/mol. The van der Waals surface area contributed by atoms with Crippen LogP contribution in [0.1, 0.15) is 32.6 Å². The molecule has 2 aliphatic carbocycles. The van der Waals surface area contributed by atoms with Gasteiger partial charge >= 0.3 is 0 Å². The van der Waals surface area contributed by atoms with Gasteiger partial charge in [-0.25, -0.2) is 0 Å². The summed E-state index contributed by atoms with van der Waals surface area (Å²) in [4.78, 5) is 14.5. The predicted octanol–water partition coefficient (Wildman–Crippen LogP) is 1.49. The molecule has 0 bridgehead atoms. The van der Waals surface area contributed by atoms with Crippen molar-refractivity contribution in [1.82, 2.24) is 10.2 Å². The lowest BCUT2D eigenvalue weighted by Crippen LogP contribution is -2.50. The van der Waals surface area contributed by atoms with Crippen molar-refractivity contribution in [3.63, 3.8) is 0 Å². The molecule has 0 aromatic rings. The van der Waals surface area contributed by atoms with Crippen LogP contribution >= 0.6 is 0 Å². The largest absolute Gasteiger partial charge is 0.353 e. The lowest BCUT2D eigenvalue weighted by Gasteiger charge is -2.35. The van der Waals surface area contributed by atoms with Crippen LogP contribution in [0, 0.1) is 23.7 Å². The Hall–Kier alpha value is -0.570. The molecule has 17 heavy (non-hydrogen) atoms. The molecule has 3 heteroatoms. The third kappa shape index (κ3) is 2.35. The zero-order valence-electron chi connectivity index (χ0n) is 11.0. The van der Waals surface area contributed by atoms with E-state index in [2.05, 4.69) is 24.2 Å². The number of rotatable bonds is 2. The van der Waals surface area contributed by atoms with Crippen molar-refractivity contribution >= 4 is 5.91 Å². The zero-order valence-corrected chi connectivity index (χ0v) is 11.0. The summed E-state index contributed by atoms with van der Waals surface area (Å²) >= 11 is 0. The Balaban J connectivity index is 1.50. The molecule has 1 aliphatic heterocycles. The van der Waals surface area contributed by atoms with Crippen LogP contribution in [-0.4, -0.2) is 37.0 Å². The van der Waals surface area contributed by atoms with Gasteiger partial charge in [-0.3, -0.25) is 4.79 Å². The van der Waals surface area contributed by atoms with Gasteiger partial charge in [-0.05, 0) is 57.0 Å². The van der Waals surface area contributed by atoms with Crippen LogP contribution in [0.3, 0.4) is 0 Å². The number of nitrogens with one attached hydrogen (secondary N) is 1. The Morgan fingerprint density at radius 3 is 2.59 bits per heavy atom. The number of fused-ring (bicyclic) bond motifs is 1. The lowest BCUT2D eigenvalue weighted by molar-refractivity contribution is -0.126. The molecule has 3 aliphatic rings. The summed E-state index contributed by atoms with van der Waals surface area (Å²) in [6.45, 7) is 4.48. The van der Waals surface area contributed by atoms with Crippen molar-refractivity contribution in [3.05, 3.63) is 0 Å². The third-order valence-corrected chi connectivity index (χ3v) is 5.05. The van der Waals surface area contributed by atoms with Crippen molar-refractivity contribution in [1.29, 1.82) is 0 Å². The molecule has 0 radical (unpaired) electrons. The number of amides is 1. The number of hydrogen-bond acceptors (Lipinski definition) is 2. The number of carbonyl (C=O) groups excluding carboxylic acids is 1. The first-order valence-electron chi connectivity index (χ1n) is 7.12. The second-order valence-electron chi connectivity index (χ2n) is 6.57. The highest BCUT2D eigenvalue weighted by Gasteiger charge is 2.48. The molecule has 4 atom stereocenters. The van der Waals surface area contributed by atoms with E-state index in [4.69, 9.17) is 0 Å². The molecule has 4 unspecified atom stereocenters. The highest BCUT2D eigenvalue weighted by molar-refractivity contribution is 5.79. The Morgan fingerprint density at radius 2 is 1.94 bits per heavy atom. The highest BCUT2D eigenvalue weighted by Crippen LogP contribution is 2.54. The van der Waals surface area contributed by atoms with E-state index in [-0.39, 0.29) is 0 Å². The van der Waals surface area contributed by atoms with Gasteiger partial charge in [0, 0.05) is 18.5 Å². The molecule has 1 amide bonds. The minimum atomic E-state index is 0.339. The summed E-state index contributed by atoms with van der Waals surface area (Å²) in [6, 6.07) is 0.413. The van der Waals surface area contributed by atoms with Crippen molar-refractivity contribution < 1.29 is 4.79 Å². The van der Waals surface area contributed by atoms with Crippen LogP contribution in [0.15, 0.2) is 0 Å². The summed E-state index contributed by atoms with van der Waals surface area (Å²) in [5.41, 5.74) is 0. The fourth-order valence-corrected chi connectivity index (χ4v) is 3.80. The van der Waals surface area contributed by atoms with Crippen LogP contribution in [-0.2, 0) is 4.79 Å². The smallest absolute Gasteiger partial charge is 0.223 e. The van der Waals surface area contributed by atoms with Crippen LogP contribution < -0.4 is 5.32 Å². The lowest BCUT2D eigenvalue weighted by atomic mass is 9.93. The van der Waals surface area contributed by atoms with Gasteiger partial charge in [0.2, 0.25) is 5.91 Å². The molecule has 1 N–H and O–H groups in total. The number of nitrogens with zero attached hydrogens (tertiary/aromatic N) is 1. The summed E-state index contributed by atoms with van der Waals surface area (Å²) in [5, 5.41) is 3.31. The molecule has 3 fully saturated rings. The predicted molar refractivity (Wildman–Crippen MR) is 67.5 cm³/mol. The maximum absolute atomic E-state index is 12.2. The summed E-state index contributed by atoms with van der Waals surface area (Å²) in [5.74, 6) is 3.08. The first-order valence-corrected chi connectivity index (χ1v) is 7.12. The Morgan fingerprint density at radius 1 is 1.24 bits per heavy atom. The van der Waals surface area contributed by atoms with Crippen LogP contribution in [0.25, 0.3) is 0 Å². The zero-order chi connectivity index (χ0) is 12.0. The van der Waals surface area contributed by atoms with Crippen molar-refractivity contribution in [2.75, 3.05) is 20.1 Å². The summed E-state index contributed by atoms with van der Waals surface area (Å²) in [7, 11) is 2.17. The van der Waals surface area contributed by atoms with Crippen molar-refractivity contribution in [2.45, 2.75) is 38.6 Å². The van der Waals surface area contributed by atoms with E-state index < -0.39 is 0 Å². The minimum Gasteiger partial charge on any atom is -0.353 e. The Kier molecular flexibility index (Phi) is 2.89. The normalized spacial score (nSPS) is 45.4. The van der Waals surface area contributed by atoms with Crippen molar-refractivity contribution in [3.8, 4) is 0 Å². The van der Waals surface area contributed by atoms with Gasteiger partial charge < -0.3 is 10.2 Å². The van der Waals surface area contributed by atoms with Crippen LogP contribution in [0.4, 0.5) is 0 Å². The molecule has 3 nitrogen and oxygen atoms in total. The van der Waals surface area contributed by atoms with E-state index in [9.17, 15) is 4.79 Å². The maximum Gasteiger partial charge on any atom is 0.223 e. The minimum absolute atomic E-state index is 0.339.